The quantitative estimate of drug-likeness (QED) is 0.0846. The number of aryl methyl sites for hydroxylation is 4. The van der Waals surface area contributed by atoms with Gasteiger partial charge in [0.2, 0.25) is 11.8 Å². The molecular formula is C68H82Cl2F6N12O4. The third-order valence-electron chi connectivity index (χ3n) is 21.6. The summed E-state index contributed by atoms with van der Waals surface area (Å²) in [5.74, 6) is -10.3. The summed E-state index contributed by atoms with van der Waals surface area (Å²) in [5.41, 5.74) is 0.161. The second-order valence-electron chi connectivity index (χ2n) is 29.2. The molecule has 6 aliphatic rings. The first-order valence-electron chi connectivity index (χ1n) is 32.1. The number of benzene rings is 2. The van der Waals surface area contributed by atoms with Crippen molar-refractivity contribution < 1.29 is 45.4 Å². The number of aromatic nitrogens is 8. The Morgan fingerprint density at radius 3 is 1.45 bits per heavy atom. The zero-order valence-electron chi connectivity index (χ0n) is 54.4. The van der Waals surface area contributed by atoms with Gasteiger partial charge in [0.1, 0.15) is 35.5 Å². The molecule has 0 bridgehead atoms. The molecule has 2 aromatic carbocycles. The van der Waals surface area contributed by atoms with Crippen LogP contribution in [0.4, 0.5) is 26.3 Å². The highest BCUT2D eigenvalue weighted by molar-refractivity contribution is 6.31. The highest BCUT2D eigenvalue weighted by Crippen LogP contribution is 2.58. The summed E-state index contributed by atoms with van der Waals surface area (Å²) in [7, 11) is 1.84. The Hall–Kier alpha value is -6.04. The van der Waals surface area contributed by atoms with Crippen molar-refractivity contribution in [1.82, 2.24) is 59.1 Å². The van der Waals surface area contributed by atoms with Gasteiger partial charge in [-0.15, -0.1) is 0 Å². The van der Waals surface area contributed by atoms with E-state index < -0.39 is 98.4 Å². The highest BCUT2D eigenvalue weighted by atomic mass is 35.5. The number of piperidine rings is 4. The van der Waals surface area contributed by atoms with E-state index in [1.54, 1.807) is 14.5 Å². The third kappa shape index (κ3) is 11.3. The summed E-state index contributed by atoms with van der Waals surface area (Å²) in [5, 5.41) is 10.1. The molecule has 6 aromatic rings. The van der Waals surface area contributed by atoms with Crippen LogP contribution in [0.25, 0.3) is 0 Å². The van der Waals surface area contributed by atoms with Crippen molar-refractivity contribution in [2.45, 2.75) is 185 Å². The lowest BCUT2D eigenvalue weighted by Gasteiger charge is -2.48. The fourth-order valence-corrected chi connectivity index (χ4v) is 16.3. The molecule has 24 heteroatoms. The van der Waals surface area contributed by atoms with E-state index in [9.17, 15) is 18.0 Å². The molecular weight excluding hydrogens is 1230 g/mol. The number of carbonyl (C=O) groups is 2. The van der Waals surface area contributed by atoms with Crippen molar-refractivity contribution in [2.75, 3.05) is 52.4 Å². The SMILES string of the molecule is Cc1nc2c(cc1Cl)C(C(C)(C)c1ncnn1C)OC21CCN(C(=O)[C@@H]2CCN(C(C)(C)CCn3ncnc3C(C)(C)C3OC4(CCN(C(=O)[C@@H]5CCN(C(C)(C)C)C[C@H]5c5ccc(F)c(F)c5F)CC4)c4nc(C)c(Cl)cc43)C[C@H]2c2ccc(F)c(F)c2F)CC1. The van der Waals surface area contributed by atoms with Crippen LogP contribution in [0.3, 0.4) is 0 Å². The van der Waals surface area contributed by atoms with Gasteiger partial charge in [0.15, 0.2) is 34.9 Å². The lowest BCUT2D eigenvalue weighted by Crippen LogP contribution is -2.55. The molecule has 494 valence electrons. The highest BCUT2D eigenvalue weighted by Gasteiger charge is 2.57. The predicted octanol–water partition coefficient (Wildman–Crippen LogP) is 12.6. The molecule has 92 heavy (non-hydrogen) atoms. The van der Waals surface area contributed by atoms with Crippen LogP contribution in [0.2, 0.25) is 10.0 Å². The number of amides is 2. The average Bonchev–Trinajstić information content (AvgIpc) is 1.55. The van der Waals surface area contributed by atoms with Gasteiger partial charge in [0.25, 0.3) is 0 Å². The number of halogens is 8. The van der Waals surface area contributed by atoms with E-state index in [1.807, 2.05) is 72.3 Å². The van der Waals surface area contributed by atoms with E-state index in [0.29, 0.717) is 125 Å². The lowest BCUT2D eigenvalue weighted by atomic mass is 9.77. The van der Waals surface area contributed by atoms with Crippen LogP contribution in [0.1, 0.15) is 188 Å². The van der Waals surface area contributed by atoms with Gasteiger partial charge in [0.05, 0.1) is 55.9 Å². The van der Waals surface area contributed by atoms with Crippen LogP contribution in [-0.2, 0) is 54.7 Å². The first-order chi connectivity index (χ1) is 43.3. The fourth-order valence-electron chi connectivity index (χ4n) is 16.0. The number of likely N-dealkylation sites (tertiary alicyclic amines) is 4. The van der Waals surface area contributed by atoms with E-state index in [1.165, 1.54) is 24.8 Å². The minimum Gasteiger partial charge on any atom is -0.359 e. The first kappa shape index (κ1) is 66.0. The van der Waals surface area contributed by atoms with Crippen LogP contribution in [0, 0.1) is 60.6 Å². The second-order valence-corrected chi connectivity index (χ2v) is 30.1. The number of hydrogen-bond acceptors (Lipinski definition) is 12. The van der Waals surface area contributed by atoms with Gasteiger partial charge in [-0.2, -0.15) is 10.2 Å². The molecule has 12 rings (SSSR count). The normalized spacial score (nSPS) is 23.8. The number of carbonyl (C=O) groups excluding carboxylic acids is 2. The van der Waals surface area contributed by atoms with E-state index in [2.05, 4.69) is 47.6 Å². The number of hydrogen-bond donors (Lipinski definition) is 0. The zero-order chi connectivity index (χ0) is 66.1. The van der Waals surface area contributed by atoms with Crippen LogP contribution >= 0.6 is 23.2 Å². The van der Waals surface area contributed by atoms with Crippen molar-refractivity contribution in [3.05, 3.63) is 151 Å². The lowest BCUT2D eigenvalue weighted by molar-refractivity contribution is -0.154. The van der Waals surface area contributed by atoms with Crippen molar-refractivity contribution >= 4 is 35.0 Å². The van der Waals surface area contributed by atoms with E-state index in [-0.39, 0.29) is 35.0 Å². The van der Waals surface area contributed by atoms with Crippen molar-refractivity contribution in [2.24, 2.45) is 18.9 Å². The Bertz CT molecular complexity index is 3860. The molecule has 4 saturated heterocycles. The van der Waals surface area contributed by atoms with Gasteiger partial charge in [0, 0.05) is 98.7 Å². The Labute approximate surface area is 543 Å². The standard InChI is InChI=1S/C68H82Cl2F6N12O4/c1-37-47(69)31-43-55(81-37)67(91-57(43)65(8,9)61-77-35-79-83(61)12)20-26-85(27-21-67)60(90)42-18-25-87(34-46(42)40-14-16-50(72)54(76)52(40)74)64(6,7)19-30-88-62(78-36-80-88)66(10,11)58-44-32-48(70)38(2)82-56(44)68(92-58)22-28-84(29-23-68)59(89)41-17-24-86(63(3,4)5)33-45(41)39-13-15-49(71)53(75)51(39)73/h13-16,31-32,35-36,41-42,45-46,57-58H,17-30,33-34H2,1-12H3/t41-,42-,45+,46+,57?,58?/m1/s1. The Balaban J connectivity index is 0.744. The summed E-state index contributed by atoms with van der Waals surface area (Å²) in [6.45, 7) is 25.2. The van der Waals surface area contributed by atoms with Gasteiger partial charge in [-0.25, -0.2) is 41.0 Å². The molecule has 2 amide bonds. The zero-order valence-corrected chi connectivity index (χ0v) is 55.9. The van der Waals surface area contributed by atoms with Gasteiger partial charge < -0.3 is 19.3 Å². The van der Waals surface area contributed by atoms with Crippen LogP contribution in [0.15, 0.2) is 49.1 Å². The van der Waals surface area contributed by atoms with E-state index in [0.717, 1.165) is 40.5 Å². The van der Waals surface area contributed by atoms with Gasteiger partial charge in [-0.05, 0) is 170 Å². The summed E-state index contributed by atoms with van der Waals surface area (Å²) in [6, 6.07) is 8.22. The van der Waals surface area contributed by atoms with Crippen LogP contribution in [-0.4, -0.2) is 134 Å². The second kappa shape index (κ2) is 24.0. The third-order valence-corrected chi connectivity index (χ3v) is 22.3. The number of rotatable bonds is 12. The van der Waals surface area contributed by atoms with Crippen molar-refractivity contribution in [3.63, 3.8) is 0 Å². The average molecular weight is 1320 g/mol. The van der Waals surface area contributed by atoms with Gasteiger partial charge in [-0.1, -0.05) is 35.3 Å². The molecule has 2 unspecified atom stereocenters. The summed E-state index contributed by atoms with van der Waals surface area (Å²) >= 11 is 13.6. The molecule has 2 spiro atoms. The summed E-state index contributed by atoms with van der Waals surface area (Å²) < 4.78 is 109. The maximum absolute atomic E-state index is 16.3. The molecule has 0 saturated carbocycles. The Morgan fingerprint density at radius 2 is 1.00 bits per heavy atom. The maximum atomic E-state index is 16.3. The molecule has 10 heterocycles. The van der Waals surface area contributed by atoms with Crippen LogP contribution in [0.5, 0.6) is 0 Å². The Morgan fingerprint density at radius 1 is 0.576 bits per heavy atom. The minimum atomic E-state index is -1.59. The van der Waals surface area contributed by atoms with E-state index in [4.69, 9.17) is 52.7 Å². The molecule has 0 N–H and O–H groups in total. The topological polar surface area (TPSA) is 153 Å². The monoisotopic (exact) mass is 1310 g/mol. The predicted molar refractivity (Wildman–Crippen MR) is 334 cm³/mol. The summed E-state index contributed by atoms with van der Waals surface area (Å²) in [4.78, 5) is 57.4. The number of pyridine rings is 2. The summed E-state index contributed by atoms with van der Waals surface area (Å²) in [6.07, 6.45) is 4.75. The Kier molecular flexibility index (Phi) is 17.2. The first-order valence-corrected chi connectivity index (χ1v) is 32.8. The molecule has 0 aliphatic carbocycles. The van der Waals surface area contributed by atoms with Gasteiger partial charge in [-0.3, -0.25) is 34.0 Å². The molecule has 6 atom stereocenters. The van der Waals surface area contributed by atoms with Crippen molar-refractivity contribution in [1.29, 1.82) is 0 Å². The van der Waals surface area contributed by atoms with Gasteiger partial charge >= 0.3 is 0 Å². The number of ether oxygens (including phenoxy) is 2. The number of fused-ring (bicyclic) bond motifs is 4. The number of nitrogens with zero attached hydrogens (tertiary/aromatic N) is 12. The molecule has 4 fully saturated rings. The van der Waals surface area contributed by atoms with Crippen molar-refractivity contribution in [3.8, 4) is 0 Å². The van der Waals surface area contributed by atoms with E-state index >= 15 is 18.0 Å². The molecule has 16 nitrogen and oxygen atoms in total. The minimum absolute atomic E-state index is 0.0145. The molecule has 4 aromatic heterocycles. The molecule has 6 aliphatic heterocycles. The van der Waals surface area contributed by atoms with Crippen LogP contribution < -0.4 is 0 Å². The smallest absolute Gasteiger partial charge is 0.226 e. The molecule has 0 radical (unpaired) electrons. The fraction of sp³-hybridized carbons (Fsp3) is 0.588. The maximum Gasteiger partial charge on any atom is 0.226 e. The largest absolute Gasteiger partial charge is 0.359 e.